The highest BCUT2D eigenvalue weighted by atomic mass is 32.2. The molecule has 0 saturated heterocycles. The molecule has 0 unspecified atom stereocenters. The average Bonchev–Trinajstić information content (AvgIpc) is 3.02. The van der Waals surface area contributed by atoms with E-state index in [-0.39, 0.29) is 11.9 Å². The normalized spacial score (nSPS) is 13.6. The van der Waals surface area contributed by atoms with Gasteiger partial charge in [0.1, 0.15) is 0 Å². The first kappa shape index (κ1) is 15.5. The van der Waals surface area contributed by atoms with Gasteiger partial charge in [0, 0.05) is 40.1 Å². The predicted molar refractivity (Wildman–Crippen MR) is 93.9 cm³/mol. The monoisotopic (exact) mass is 326 g/mol. The summed E-state index contributed by atoms with van der Waals surface area (Å²) < 4.78 is 11.6. The quantitative estimate of drug-likeness (QED) is 0.757. The lowest BCUT2D eigenvalue weighted by atomic mass is 10.1. The molecule has 0 spiro atoms. The highest BCUT2D eigenvalue weighted by Crippen LogP contribution is 2.17. The Hall–Kier alpha value is -2.40. The molecule has 3 rings (SSSR count). The molecule has 3 aromatic rings. The van der Waals surface area contributed by atoms with E-state index >= 15 is 0 Å². The smallest absolute Gasteiger partial charge is 0.251 e. The van der Waals surface area contributed by atoms with E-state index in [1.165, 1.54) is 0 Å². The number of fused-ring (bicyclic) bond motifs is 1. The number of hydrogen-bond acceptors (Lipinski definition) is 2. The standard InChI is InChI=1S/C18H18N2O2S/c1-23(22)12-17(13-5-3-2-4-6-13)20-18(21)15-8-7-14-9-10-19-16(14)11-15/h2-11,17,19H,12H2,1H3,(H,20,21)/t17-,23-/m0/s1. The Morgan fingerprint density at radius 1 is 1.17 bits per heavy atom. The lowest BCUT2D eigenvalue weighted by Gasteiger charge is -2.18. The average molecular weight is 326 g/mol. The van der Waals surface area contributed by atoms with Gasteiger partial charge in [0.15, 0.2) is 0 Å². The van der Waals surface area contributed by atoms with Gasteiger partial charge >= 0.3 is 0 Å². The number of nitrogens with one attached hydrogen (secondary N) is 2. The van der Waals surface area contributed by atoms with Gasteiger partial charge in [-0.05, 0) is 29.1 Å². The van der Waals surface area contributed by atoms with Gasteiger partial charge in [0.05, 0.1) is 6.04 Å². The minimum Gasteiger partial charge on any atom is -0.361 e. The SMILES string of the molecule is C[S@](=O)C[C@H](NC(=O)c1ccc2cc[nH]c2c1)c1ccccc1. The minimum absolute atomic E-state index is 0.166. The molecular formula is C18H18N2O2S. The van der Waals surface area contributed by atoms with Crippen LogP contribution in [0.25, 0.3) is 10.9 Å². The summed E-state index contributed by atoms with van der Waals surface area (Å²) in [6.07, 6.45) is 3.49. The fourth-order valence-corrected chi connectivity index (χ4v) is 3.32. The number of amides is 1. The maximum atomic E-state index is 12.6. The Balaban J connectivity index is 1.83. The maximum absolute atomic E-state index is 12.6. The number of carbonyl (C=O) groups is 1. The van der Waals surface area contributed by atoms with Crippen molar-refractivity contribution in [2.24, 2.45) is 0 Å². The van der Waals surface area contributed by atoms with E-state index in [0.29, 0.717) is 11.3 Å². The van der Waals surface area contributed by atoms with Crippen LogP contribution in [-0.4, -0.2) is 27.1 Å². The summed E-state index contributed by atoms with van der Waals surface area (Å²) in [4.78, 5) is 15.7. The summed E-state index contributed by atoms with van der Waals surface area (Å²) in [6.45, 7) is 0. The summed E-state index contributed by atoms with van der Waals surface area (Å²) >= 11 is 0. The van der Waals surface area contributed by atoms with Gasteiger partial charge in [-0.2, -0.15) is 0 Å². The summed E-state index contributed by atoms with van der Waals surface area (Å²) in [5.74, 6) is 0.223. The first-order chi connectivity index (χ1) is 11.1. The van der Waals surface area contributed by atoms with Crippen molar-refractivity contribution in [1.82, 2.24) is 10.3 Å². The Morgan fingerprint density at radius 3 is 2.70 bits per heavy atom. The van der Waals surface area contributed by atoms with Gasteiger partial charge in [-0.25, -0.2) is 0 Å². The fraction of sp³-hybridized carbons (Fsp3) is 0.167. The molecule has 1 amide bonds. The third kappa shape index (κ3) is 3.68. The first-order valence-corrected chi connectivity index (χ1v) is 9.09. The molecule has 2 N–H and O–H groups in total. The predicted octanol–water partition coefficient (Wildman–Crippen LogP) is 3.02. The van der Waals surface area contributed by atoms with Gasteiger partial charge in [0.25, 0.3) is 5.91 Å². The second-order valence-electron chi connectivity index (χ2n) is 5.46. The Kier molecular flexibility index (Phi) is 4.57. The van der Waals surface area contributed by atoms with E-state index in [2.05, 4.69) is 10.3 Å². The van der Waals surface area contributed by atoms with Crippen molar-refractivity contribution in [2.45, 2.75) is 6.04 Å². The van der Waals surface area contributed by atoms with Crippen molar-refractivity contribution in [3.63, 3.8) is 0 Å². The van der Waals surface area contributed by atoms with Gasteiger partial charge in [-0.1, -0.05) is 36.4 Å². The second kappa shape index (κ2) is 6.79. The van der Waals surface area contributed by atoms with E-state index in [9.17, 15) is 9.00 Å². The molecule has 1 aromatic heterocycles. The first-order valence-electron chi connectivity index (χ1n) is 7.36. The van der Waals surface area contributed by atoms with Crippen molar-refractivity contribution >= 4 is 27.6 Å². The van der Waals surface area contributed by atoms with Gasteiger partial charge in [0.2, 0.25) is 0 Å². The van der Waals surface area contributed by atoms with Crippen LogP contribution in [0.3, 0.4) is 0 Å². The van der Waals surface area contributed by atoms with Crippen LogP contribution >= 0.6 is 0 Å². The molecule has 23 heavy (non-hydrogen) atoms. The maximum Gasteiger partial charge on any atom is 0.251 e. The van der Waals surface area contributed by atoms with Crippen molar-refractivity contribution < 1.29 is 9.00 Å². The number of aromatic nitrogens is 1. The van der Waals surface area contributed by atoms with Crippen LogP contribution in [0.15, 0.2) is 60.8 Å². The lowest BCUT2D eigenvalue weighted by molar-refractivity contribution is 0.0940. The van der Waals surface area contributed by atoms with Crippen LogP contribution in [0.5, 0.6) is 0 Å². The van der Waals surface area contributed by atoms with E-state index in [1.807, 2.05) is 54.7 Å². The minimum atomic E-state index is -1.01. The Morgan fingerprint density at radius 2 is 1.96 bits per heavy atom. The van der Waals surface area contributed by atoms with Crippen LogP contribution in [0.2, 0.25) is 0 Å². The molecule has 5 heteroatoms. The number of aromatic amines is 1. The van der Waals surface area contributed by atoms with Crippen LogP contribution in [-0.2, 0) is 10.8 Å². The van der Waals surface area contributed by atoms with Gasteiger partial charge < -0.3 is 10.3 Å². The molecule has 0 aliphatic rings. The molecule has 0 radical (unpaired) electrons. The number of benzene rings is 2. The molecular weight excluding hydrogens is 308 g/mol. The highest BCUT2D eigenvalue weighted by molar-refractivity contribution is 7.84. The Labute approximate surface area is 137 Å². The van der Waals surface area contributed by atoms with Crippen LogP contribution < -0.4 is 5.32 Å². The third-order valence-corrected chi connectivity index (χ3v) is 4.53. The van der Waals surface area contributed by atoms with E-state index < -0.39 is 10.8 Å². The summed E-state index contributed by atoms with van der Waals surface area (Å²) in [6, 6.07) is 16.9. The third-order valence-electron chi connectivity index (χ3n) is 3.73. The number of hydrogen-bond donors (Lipinski definition) is 2. The largest absolute Gasteiger partial charge is 0.361 e. The second-order valence-corrected chi connectivity index (χ2v) is 6.94. The summed E-state index contributed by atoms with van der Waals surface area (Å²) in [5, 5.41) is 4.06. The summed E-state index contributed by atoms with van der Waals surface area (Å²) in [5.41, 5.74) is 2.47. The van der Waals surface area contributed by atoms with E-state index in [4.69, 9.17) is 0 Å². The van der Waals surface area contributed by atoms with Gasteiger partial charge in [-0.3, -0.25) is 9.00 Å². The number of H-pyrrole nitrogens is 1. The molecule has 0 fully saturated rings. The topological polar surface area (TPSA) is 62.0 Å². The zero-order valence-electron chi connectivity index (χ0n) is 12.8. The molecule has 0 saturated carbocycles. The fourth-order valence-electron chi connectivity index (χ4n) is 2.57. The summed E-state index contributed by atoms with van der Waals surface area (Å²) in [7, 11) is -1.01. The molecule has 2 atom stereocenters. The van der Waals surface area contributed by atoms with Crippen LogP contribution in [0.4, 0.5) is 0 Å². The zero-order chi connectivity index (χ0) is 16.2. The Bertz CT molecular complexity index is 842. The molecule has 0 aliphatic carbocycles. The molecule has 4 nitrogen and oxygen atoms in total. The van der Waals surface area contributed by atoms with Crippen LogP contribution in [0.1, 0.15) is 22.0 Å². The molecule has 0 aliphatic heterocycles. The van der Waals surface area contributed by atoms with Crippen LogP contribution in [0, 0.1) is 0 Å². The number of rotatable bonds is 5. The van der Waals surface area contributed by atoms with E-state index in [0.717, 1.165) is 16.5 Å². The number of carbonyl (C=O) groups excluding carboxylic acids is 1. The highest BCUT2D eigenvalue weighted by Gasteiger charge is 2.17. The molecule has 1 heterocycles. The lowest BCUT2D eigenvalue weighted by Crippen LogP contribution is -2.31. The zero-order valence-corrected chi connectivity index (χ0v) is 13.6. The van der Waals surface area contributed by atoms with Crippen molar-refractivity contribution in [3.8, 4) is 0 Å². The van der Waals surface area contributed by atoms with Crippen molar-refractivity contribution in [2.75, 3.05) is 12.0 Å². The molecule has 0 bridgehead atoms. The van der Waals surface area contributed by atoms with Crippen molar-refractivity contribution in [3.05, 3.63) is 71.9 Å². The molecule has 2 aromatic carbocycles. The van der Waals surface area contributed by atoms with Gasteiger partial charge in [-0.15, -0.1) is 0 Å². The molecule has 118 valence electrons. The van der Waals surface area contributed by atoms with E-state index in [1.54, 1.807) is 12.3 Å². The van der Waals surface area contributed by atoms with Crippen molar-refractivity contribution in [1.29, 1.82) is 0 Å².